The smallest absolute Gasteiger partial charge is 0.256 e. The molecule has 0 aliphatic rings. The normalized spacial score (nSPS) is 10.3. The van der Waals surface area contributed by atoms with Crippen LogP contribution in [-0.2, 0) is 0 Å². The number of benzene rings is 2. The molecule has 0 heterocycles. The quantitative estimate of drug-likeness (QED) is 0.784. The van der Waals surface area contributed by atoms with E-state index >= 15 is 0 Å². The van der Waals surface area contributed by atoms with Crippen molar-refractivity contribution in [2.45, 2.75) is 13.8 Å². The van der Waals surface area contributed by atoms with Crippen LogP contribution in [0.3, 0.4) is 0 Å². The third kappa shape index (κ3) is 3.75. The highest BCUT2D eigenvalue weighted by Crippen LogP contribution is 2.25. The molecular formula is C17H19IN2O. The van der Waals surface area contributed by atoms with Crippen molar-refractivity contribution in [3.05, 3.63) is 57.2 Å². The van der Waals surface area contributed by atoms with Gasteiger partial charge in [-0.3, -0.25) is 4.79 Å². The molecule has 0 saturated heterocycles. The van der Waals surface area contributed by atoms with Crippen LogP contribution in [0.25, 0.3) is 0 Å². The monoisotopic (exact) mass is 394 g/mol. The zero-order chi connectivity index (χ0) is 15.4. The molecule has 3 nitrogen and oxygen atoms in total. The molecule has 0 saturated carbocycles. The van der Waals surface area contributed by atoms with E-state index in [0.717, 1.165) is 27.1 Å². The van der Waals surface area contributed by atoms with Gasteiger partial charge < -0.3 is 10.2 Å². The highest BCUT2D eigenvalue weighted by Gasteiger charge is 2.13. The van der Waals surface area contributed by atoms with Gasteiger partial charge in [0.25, 0.3) is 5.91 Å². The maximum atomic E-state index is 12.5. The molecule has 0 atom stereocenters. The van der Waals surface area contributed by atoms with Gasteiger partial charge in [-0.1, -0.05) is 23.8 Å². The number of amides is 1. The largest absolute Gasteiger partial charge is 0.373 e. The summed E-state index contributed by atoms with van der Waals surface area (Å²) >= 11 is 2.19. The molecule has 110 valence electrons. The lowest BCUT2D eigenvalue weighted by atomic mass is 10.1. The van der Waals surface area contributed by atoms with Crippen LogP contribution in [0, 0.1) is 10.5 Å². The zero-order valence-corrected chi connectivity index (χ0v) is 14.6. The molecule has 2 aromatic rings. The number of rotatable bonds is 4. The van der Waals surface area contributed by atoms with Gasteiger partial charge in [-0.15, -0.1) is 0 Å². The summed E-state index contributed by atoms with van der Waals surface area (Å²) in [4.78, 5) is 14.6. The van der Waals surface area contributed by atoms with Crippen molar-refractivity contribution < 1.29 is 4.79 Å². The Labute approximate surface area is 139 Å². The molecule has 1 N–H and O–H groups in total. The molecule has 2 aromatic carbocycles. The minimum atomic E-state index is -0.0694. The Balaban J connectivity index is 2.30. The summed E-state index contributed by atoms with van der Waals surface area (Å²) in [7, 11) is 2.02. The second-order valence-corrected chi connectivity index (χ2v) is 6.13. The van der Waals surface area contributed by atoms with E-state index in [0.29, 0.717) is 5.56 Å². The van der Waals surface area contributed by atoms with Crippen LogP contribution in [0.4, 0.5) is 11.4 Å². The maximum Gasteiger partial charge on any atom is 0.256 e. The van der Waals surface area contributed by atoms with Gasteiger partial charge in [-0.2, -0.15) is 0 Å². The third-order valence-corrected chi connectivity index (χ3v) is 4.35. The summed E-state index contributed by atoms with van der Waals surface area (Å²) in [5.74, 6) is -0.0694. The van der Waals surface area contributed by atoms with Crippen LogP contribution in [0.2, 0.25) is 0 Å². The Kier molecular flexibility index (Phi) is 5.22. The van der Waals surface area contributed by atoms with Crippen LogP contribution in [-0.4, -0.2) is 19.5 Å². The van der Waals surface area contributed by atoms with E-state index in [4.69, 9.17) is 0 Å². The van der Waals surface area contributed by atoms with Gasteiger partial charge >= 0.3 is 0 Å². The standard InChI is InChI=1S/C17H19IN2O/c1-4-20(3)16-8-6-5-7-15(16)19-17(21)13-11-12(2)9-10-14(13)18/h5-11H,4H2,1-3H3,(H,19,21). The van der Waals surface area contributed by atoms with Gasteiger partial charge in [-0.05, 0) is 60.7 Å². The highest BCUT2D eigenvalue weighted by molar-refractivity contribution is 14.1. The predicted molar refractivity (Wildman–Crippen MR) is 97.2 cm³/mol. The third-order valence-electron chi connectivity index (χ3n) is 3.40. The average molecular weight is 394 g/mol. The van der Waals surface area contributed by atoms with E-state index in [-0.39, 0.29) is 5.91 Å². The molecular weight excluding hydrogens is 375 g/mol. The number of nitrogens with zero attached hydrogens (tertiary/aromatic N) is 1. The van der Waals surface area contributed by atoms with E-state index in [2.05, 4.69) is 39.7 Å². The summed E-state index contributed by atoms with van der Waals surface area (Å²) in [6.45, 7) is 4.96. The second kappa shape index (κ2) is 6.93. The molecule has 0 bridgehead atoms. The molecule has 4 heteroatoms. The average Bonchev–Trinajstić information content (AvgIpc) is 2.49. The maximum absolute atomic E-state index is 12.5. The van der Waals surface area contributed by atoms with Crippen LogP contribution < -0.4 is 10.2 Å². The lowest BCUT2D eigenvalue weighted by Crippen LogP contribution is -2.20. The van der Waals surface area contributed by atoms with Crippen LogP contribution in [0.5, 0.6) is 0 Å². The Bertz CT molecular complexity index is 655. The number of para-hydroxylation sites is 2. The first-order valence-electron chi connectivity index (χ1n) is 6.90. The Hall–Kier alpha value is -1.56. The summed E-state index contributed by atoms with van der Waals surface area (Å²) in [5, 5.41) is 3.02. The summed E-state index contributed by atoms with van der Waals surface area (Å²) in [5.41, 5.74) is 3.66. The first kappa shape index (κ1) is 15.8. The van der Waals surface area contributed by atoms with E-state index in [1.165, 1.54) is 0 Å². The van der Waals surface area contributed by atoms with E-state index in [1.54, 1.807) is 0 Å². The molecule has 2 rings (SSSR count). The Morgan fingerprint density at radius 1 is 1.24 bits per heavy atom. The molecule has 0 spiro atoms. The number of nitrogens with one attached hydrogen (secondary N) is 1. The molecule has 0 aliphatic heterocycles. The summed E-state index contributed by atoms with van der Waals surface area (Å²) in [6.07, 6.45) is 0. The van der Waals surface area contributed by atoms with Gasteiger partial charge in [0.05, 0.1) is 16.9 Å². The number of aryl methyl sites for hydroxylation is 1. The molecule has 1 amide bonds. The number of carbonyl (C=O) groups excluding carboxylic acids is 1. The van der Waals surface area contributed by atoms with Crippen molar-refractivity contribution in [2.75, 3.05) is 23.8 Å². The number of hydrogen-bond donors (Lipinski definition) is 1. The highest BCUT2D eigenvalue weighted by atomic mass is 127. The van der Waals surface area contributed by atoms with Gasteiger partial charge in [0.2, 0.25) is 0 Å². The molecule has 0 unspecified atom stereocenters. The minimum absolute atomic E-state index is 0.0694. The first-order valence-corrected chi connectivity index (χ1v) is 7.98. The number of halogens is 1. The van der Waals surface area contributed by atoms with Crippen molar-refractivity contribution in [1.29, 1.82) is 0 Å². The van der Waals surface area contributed by atoms with Crippen LogP contribution in [0.15, 0.2) is 42.5 Å². The topological polar surface area (TPSA) is 32.3 Å². The number of carbonyl (C=O) groups is 1. The van der Waals surface area contributed by atoms with Gasteiger partial charge in [0.15, 0.2) is 0 Å². The first-order chi connectivity index (χ1) is 10.0. The van der Waals surface area contributed by atoms with E-state index in [9.17, 15) is 4.79 Å². The van der Waals surface area contributed by atoms with Gasteiger partial charge in [0.1, 0.15) is 0 Å². The zero-order valence-electron chi connectivity index (χ0n) is 12.5. The molecule has 0 fully saturated rings. The van der Waals surface area contributed by atoms with Crippen molar-refractivity contribution >= 4 is 39.9 Å². The van der Waals surface area contributed by atoms with E-state index < -0.39 is 0 Å². The molecule has 0 radical (unpaired) electrons. The van der Waals surface area contributed by atoms with Crippen LogP contribution >= 0.6 is 22.6 Å². The van der Waals surface area contributed by atoms with Crippen molar-refractivity contribution in [3.8, 4) is 0 Å². The Morgan fingerprint density at radius 2 is 1.95 bits per heavy atom. The summed E-state index contributed by atoms with van der Waals surface area (Å²) in [6, 6.07) is 13.8. The van der Waals surface area contributed by atoms with Crippen molar-refractivity contribution in [1.82, 2.24) is 0 Å². The molecule has 0 aliphatic carbocycles. The van der Waals surface area contributed by atoms with Crippen LogP contribution in [0.1, 0.15) is 22.8 Å². The number of anilines is 2. The van der Waals surface area contributed by atoms with Gasteiger partial charge in [0, 0.05) is 17.2 Å². The number of hydrogen-bond acceptors (Lipinski definition) is 2. The lowest BCUT2D eigenvalue weighted by molar-refractivity contribution is 0.102. The lowest BCUT2D eigenvalue weighted by Gasteiger charge is -2.21. The second-order valence-electron chi connectivity index (χ2n) is 4.97. The van der Waals surface area contributed by atoms with Crippen molar-refractivity contribution in [3.63, 3.8) is 0 Å². The molecule has 0 aromatic heterocycles. The fraction of sp³-hybridized carbons (Fsp3) is 0.235. The SMILES string of the molecule is CCN(C)c1ccccc1NC(=O)c1cc(C)ccc1I. The fourth-order valence-electron chi connectivity index (χ4n) is 2.09. The molecule has 21 heavy (non-hydrogen) atoms. The van der Waals surface area contributed by atoms with E-state index in [1.807, 2.05) is 56.4 Å². The van der Waals surface area contributed by atoms with Crippen molar-refractivity contribution in [2.24, 2.45) is 0 Å². The predicted octanol–water partition coefficient (Wildman–Crippen LogP) is 4.31. The fourth-order valence-corrected chi connectivity index (χ4v) is 2.67. The van der Waals surface area contributed by atoms with Gasteiger partial charge in [-0.25, -0.2) is 0 Å². The Morgan fingerprint density at radius 3 is 2.67 bits per heavy atom. The minimum Gasteiger partial charge on any atom is -0.373 e. The summed E-state index contributed by atoms with van der Waals surface area (Å²) < 4.78 is 0.956.